The predicted octanol–water partition coefficient (Wildman–Crippen LogP) is 2.56. The normalized spacial score (nSPS) is 10.4. The Hall–Kier alpha value is -1.59. The minimum Gasteiger partial charge on any atom is -0.496 e. The summed E-state index contributed by atoms with van der Waals surface area (Å²) in [5.74, 6) is 0.705. The molecule has 0 aliphatic rings. The number of aryl methyl sites for hydroxylation is 1. The van der Waals surface area contributed by atoms with Gasteiger partial charge in [0, 0.05) is 22.3 Å². The maximum atomic E-state index is 9.25. The van der Waals surface area contributed by atoms with E-state index in [-0.39, 0.29) is 6.61 Å². The van der Waals surface area contributed by atoms with E-state index in [1.807, 2.05) is 31.3 Å². The molecule has 0 fully saturated rings. The number of hydrogen-bond acceptors (Lipinski definition) is 5. The third-order valence-electron chi connectivity index (χ3n) is 2.59. The van der Waals surface area contributed by atoms with Crippen LogP contribution < -0.4 is 10.1 Å². The minimum atomic E-state index is -0.0294. The highest BCUT2D eigenvalue weighted by molar-refractivity contribution is 7.11. The summed E-state index contributed by atoms with van der Waals surface area (Å²) in [6.07, 6.45) is 1.88. The Morgan fingerprint density at radius 1 is 1.44 bits per heavy atom. The van der Waals surface area contributed by atoms with E-state index in [2.05, 4.69) is 10.3 Å². The van der Waals surface area contributed by atoms with Crippen molar-refractivity contribution in [3.63, 3.8) is 0 Å². The van der Waals surface area contributed by atoms with Gasteiger partial charge >= 0.3 is 0 Å². The van der Waals surface area contributed by atoms with Crippen molar-refractivity contribution in [3.05, 3.63) is 39.8 Å². The number of anilines is 1. The fourth-order valence-electron chi connectivity index (χ4n) is 1.69. The molecule has 0 saturated carbocycles. The van der Waals surface area contributed by atoms with Crippen LogP contribution in [-0.2, 0) is 13.2 Å². The van der Waals surface area contributed by atoms with Crippen molar-refractivity contribution in [2.75, 3.05) is 12.4 Å². The van der Waals surface area contributed by atoms with E-state index in [1.165, 1.54) is 4.88 Å². The molecule has 5 heteroatoms. The number of rotatable bonds is 5. The largest absolute Gasteiger partial charge is 0.496 e. The lowest BCUT2D eigenvalue weighted by Crippen LogP contribution is -1.99. The van der Waals surface area contributed by atoms with Crippen LogP contribution in [0.1, 0.15) is 15.4 Å². The lowest BCUT2D eigenvalue weighted by atomic mass is 10.2. The summed E-state index contributed by atoms with van der Waals surface area (Å²) in [5.41, 5.74) is 1.74. The number of ether oxygens (including phenoxy) is 1. The maximum Gasteiger partial charge on any atom is 0.124 e. The second kappa shape index (κ2) is 5.84. The Kier molecular flexibility index (Phi) is 4.17. The molecule has 0 amide bonds. The van der Waals surface area contributed by atoms with Gasteiger partial charge in [-0.1, -0.05) is 0 Å². The third-order valence-corrected chi connectivity index (χ3v) is 3.50. The molecule has 0 atom stereocenters. The number of aromatic nitrogens is 1. The highest BCUT2D eigenvalue weighted by Crippen LogP contribution is 2.23. The Bertz CT molecular complexity index is 525. The highest BCUT2D eigenvalue weighted by Gasteiger charge is 2.04. The average Bonchev–Trinajstić information content (AvgIpc) is 2.81. The molecule has 96 valence electrons. The first kappa shape index (κ1) is 12.9. The van der Waals surface area contributed by atoms with Gasteiger partial charge in [-0.25, -0.2) is 4.98 Å². The van der Waals surface area contributed by atoms with Gasteiger partial charge in [0.1, 0.15) is 5.75 Å². The molecule has 1 aromatic carbocycles. The fourth-order valence-corrected chi connectivity index (χ4v) is 2.42. The van der Waals surface area contributed by atoms with Crippen molar-refractivity contribution in [1.82, 2.24) is 4.98 Å². The molecule has 0 spiro atoms. The van der Waals surface area contributed by atoms with Gasteiger partial charge in [-0.3, -0.25) is 0 Å². The van der Waals surface area contributed by atoms with Crippen molar-refractivity contribution in [1.29, 1.82) is 0 Å². The fraction of sp³-hybridized carbons (Fsp3) is 0.308. The summed E-state index contributed by atoms with van der Waals surface area (Å²) in [6.45, 7) is 2.70. The van der Waals surface area contributed by atoms with E-state index < -0.39 is 0 Å². The van der Waals surface area contributed by atoms with Gasteiger partial charge in [0.05, 0.1) is 25.3 Å². The van der Waals surface area contributed by atoms with E-state index >= 15 is 0 Å². The van der Waals surface area contributed by atoms with Gasteiger partial charge in [-0.15, -0.1) is 11.3 Å². The number of nitrogens with one attached hydrogen (secondary N) is 1. The number of thiazole rings is 1. The molecule has 1 aromatic heterocycles. The topological polar surface area (TPSA) is 54.4 Å². The molecule has 0 unspecified atom stereocenters. The zero-order valence-corrected chi connectivity index (χ0v) is 11.3. The summed E-state index contributed by atoms with van der Waals surface area (Å²) >= 11 is 1.68. The second-order valence-corrected chi connectivity index (χ2v) is 5.20. The van der Waals surface area contributed by atoms with Crippen molar-refractivity contribution in [3.8, 4) is 5.75 Å². The smallest absolute Gasteiger partial charge is 0.124 e. The van der Waals surface area contributed by atoms with E-state index in [4.69, 9.17) is 4.74 Å². The highest BCUT2D eigenvalue weighted by atomic mass is 32.1. The molecular weight excluding hydrogens is 248 g/mol. The molecular formula is C13H16N2O2S. The first-order valence-electron chi connectivity index (χ1n) is 5.66. The predicted molar refractivity (Wildman–Crippen MR) is 73.1 cm³/mol. The zero-order chi connectivity index (χ0) is 13.0. The third kappa shape index (κ3) is 3.00. The SMILES string of the molecule is COc1ccc(NCc2cnc(C)s2)cc1CO. The summed E-state index contributed by atoms with van der Waals surface area (Å²) < 4.78 is 5.16. The standard InChI is InChI=1S/C13H16N2O2S/c1-9-14-6-12(18-9)7-15-11-3-4-13(17-2)10(5-11)8-16/h3-6,15-16H,7-8H2,1-2H3. The molecule has 2 aromatic rings. The number of aliphatic hydroxyl groups is 1. The molecule has 2 N–H and O–H groups in total. The minimum absolute atomic E-state index is 0.0294. The number of nitrogens with zero attached hydrogens (tertiary/aromatic N) is 1. The summed E-state index contributed by atoms with van der Waals surface area (Å²) in [7, 11) is 1.60. The molecule has 0 aliphatic heterocycles. The summed E-state index contributed by atoms with van der Waals surface area (Å²) in [6, 6.07) is 5.68. The van der Waals surface area contributed by atoms with Crippen LogP contribution in [0, 0.1) is 6.92 Å². The van der Waals surface area contributed by atoms with Crippen LogP contribution in [0.5, 0.6) is 5.75 Å². The molecule has 18 heavy (non-hydrogen) atoms. The second-order valence-electron chi connectivity index (χ2n) is 3.88. The van der Waals surface area contributed by atoms with Gasteiger partial charge in [-0.05, 0) is 25.1 Å². The Balaban J connectivity index is 2.05. The van der Waals surface area contributed by atoms with E-state index in [9.17, 15) is 5.11 Å². The van der Waals surface area contributed by atoms with Crippen molar-refractivity contribution >= 4 is 17.0 Å². The molecule has 2 rings (SSSR count). The van der Waals surface area contributed by atoms with Gasteiger partial charge in [0.25, 0.3) is 0 Å². The van der Waals surface area contributed by atoms with Crippen LogP contribution >= 0.6 is 11.3 Å². The number of hydrogen-bond donors (Lipinski definition) is 2. The van der Waals surface area contributed by atoms with Gasteiger partial charge in [0.15, 0.2) is 0 Å². The molecule has 0 bridgehead atoms. The molecule has 1 heterocycles. The van der Waals surface area contributed by atoms with Crippen LogP contribution in [0.15, 0.2) is 24.4 Å². The zero-order valence-electron chi connectivity index (χ0n) is 10.4. The van der Waals surface area contributed by atoms with Gasteiger partial charge in [-0.2, -0.15) is 0 Å². The lowest BCUT2D eigenvalue weighted by Gasteiger charge is -2.10. The van der Waals surface area contributed by atoms with E-state index in [0.29, 0.717) is 5.75 Å². The average molecular weight is 264 g/mol. The first-order valence-corrected chi connectivity index (χ1v) is 6.47. The summed E-state index contributed by atoms with van der Waals surface area (Å²) in [4.78, 5) is 5.40. The van der Waals surface area contributed by atoms with Crippen LogP contribution in [0.2, 0.25) is 0 Å². The number of aliphatic hydroxyl groups excluding tert-OH is 1. The van der Waals surface area contributed by atoms with Crippen LogP contribution in [0.4, 0.5) is 5.69 Å². The van der Waals surface area contributed by atoms with Crippen molar-refractivity contribution in [2.24, 2.45) is 0 Å². The Morgan fingerprint density at radius 2 is 2.28 bits per heavy atom. The monoisotopic (exact) mass is 264 g/mol. The number of methoxy groups -OCH3 is 1. The molecule has 4 nitrogen and oxygen atoms in total. The molecule has 0 saturated heterocycles. The van der Waals surface area contributed by atoms with E-state index in [0.717, 1.165) is 22.8 Å². The Labute approximate surface area is 110 Å². The van der Waals surface area contributed by atoms with Crippen LogP contribution in [-0.4, -0.2) is 17.2 Å². The van der Waals surface area contributed by atoms with Gasteiger partial charge in [0.2, 0.25) is 0 Å². The number of benzene rings is 1. The molecule has 0 aliphatic carbocycles. The first-order chi connectivity index (χ1) is 8.72. The van der Waals surface area contributed by atoms with Crippen molar-refractivity contribution < 1.29 is 9.84 Å². The van der Waals surface area contributed by atoms with Crippen LogP contribution in [0.3, 0.4) is 0 Å². The Morgan fingerprint density at radius 3 is 2.89 bits per heavy atom. The summed E-state index contributed by atoms with van der Waals surface area (Å²) in [5, 5.41) is 13.6. The van der Waals surface area contributed by atoms with Gasteiger partial charge < -0.3 is 15.2 Å². The van der Waals surface area contributed by atoms with E-state index in [1.54, 1.807) is 18.4 Å². The quantitative estimate of drug-likeness (QED) is 0.871. The van der Waals surface area contributed by atoms with Crippen LogP contribution in [0.25, 0.3) is 0 Å². The maximum absolute atomic E-state index is 9.25. The lowest BCUT2D eigenvalue weighted by molar-refractivity contribution is 0.274. The van der Waals surface area contributed by atoms with Crippen molar-refractivity contribution in [2.45, 2.75) is 20.1 Å². The molecule has 0 radical (unpaired) electrons.